The summed E-state index contributed by atoms with van der Waals surface area (Å²) in [6.45, 7) is 1.54. The number of ether oxygens (including phenoxy) is 1. The van der Waals surface area contributed by atoms with Crippen LogP contribution in [0.25, 0.3) is 11.3 Å². The quantitative estimate of drug-likeness (QED) is 0.901. The number of hydrogen-bond donors (Lipinski definition) is 1. The Bertz CT molecular complexity index is 593. The van der Waals surface area contributed by atoms with Crippen molar-refractivity contribution in [3.8, 4) is 17.0 Å². The molecule has 1 heterocycles. The molecule has 0 atom stereocenters. The van der Waals surface area contributed by atoms with Crippen molar-refractivity contribution in [2.24, 2.45) is 0 Å². The minimum atomic E-state index is -0.337. The van der Waals surface area contributed by atoms with E-state index < -0.39 is 0 Å². The van der Waals surface area contributed by atoms with Crippen LogP contribution in [0.4, 0.5) is 4.39 Å². The van der Waals surface area contributed by atoms with Gasteiger partial charge in [0.15, 0.2) is 0 Å². The number of H-pyrrole nitrogens is 1. The van der Waals surface area contributed by atoms with Crippen LogP contribution < -0.4 is 4.74 Å². The van der Waals surface area contributed by atoms with Crippen LogP contribution in [-0.4, -0.2) is 22.9 Å². The second-order valence-electron chi connectivity index (χ2n) is 4.29. The minimum Gasteiger partial charge on any atom is -0.496 e. The van der Waals surface area contributed by atoms with E-state index in [1.807, 2.05) is 0 Å². The smallest absolute Gasteiger partial charge is 0.130 e. The second-order valence-corrected chi connectivity index (χ2v) is 4.29. The molecule has 2 aromatic rings. The molecule has 1 aromatic heterocycles. The van der Waals surface area contributed by atoms with Crippen molar-refractivity contribution in [3.63, 3.8) is 0 Å². The van der Waals surface area contributed by atoms with E-state index in [4.69, 9.17) is 4.74 Å². The lowest BCUT2D eigenvalue weighted by Crippen LogP contribution is -1.95. The van der Waals surface area contributed by atoms with Gasteiger partial charge >= 0.3 is 0 Å². The normalized spacial score (nSPS) is 10.5. The van der Waals surface area contributed by atoms with Crippen molar-refractivity contribution >= 4 is 5.78 Å². The lowest BCUT2D eigenvalue weighted by Gasteiger charge is -2.06. The van der Waals surface area contributed by atoms with Crippen LogP contribution in [0.1, 0.15) is 19.2 Å². The van der Waals surface area contributed by atoms with Crippen LogP contribution in [-0.2, 0) is 11.2 Å². The van der Waals surface area contributed by atoms with E-state index in [-0.39, 0.29) is 11.6 Å². The van der Waals surface area contributed by atoms with E-state index in [0.717, 1.165) is 0 Å². The molecular weight excluding hydrogens is 247 g/mol. The molecule has 0 unspecified atom stereocenters. The molecule has 0 saturated heterocycles. The van der Waals surface area contributed by atoms with Gasteiger partial charge in [-0.05, 0) is 25.1 Å². The maximum Gasteiger partial charge on any atom is 0.130 e. The number of ketones is 1. The predicted molar refractivity (Wildman–Crippen MR) is 69.5 cm³/mol. The van der Waals surface area contributed by atoms with Gasteiger partial charge in [0, 0.05) is 18.4 Å². The largest absolute Gasteiger partial charge is 0.496 e. The van der Waals surface area contributed by atoms with E-state index in [1.54, 1.807) is 19.2 Å². The molecule has 0 aliphatic heterocycles. The molecule has 100 valence electrons. The fraction of sp³-hybridized carbons (Fsp3) is 0.286. The number of methoxy groups -OCH3 is 1. The number of rotatable bonds is 5. The van der Waals surface area contributed by atoms with Crippen LogP contribution >= 0.6 is 0 Å². The summed E-state index contributed by atoms with van der Waals surface area (Å²) in [4.78, 5) is 18.2. The van der Waals surface area contributed by atoms with Gasteiger partial charge < -0.3 is 14.5 Å². The SMILES string of the molecule is COc1ccc(F)cc1-c1cnc(CCC(C)=O)[nH]1. The Hall–Kier alpha value is -2.17. The molecule has 0 fully saturated rings. The highest BCUT2D eigenvalue weighted by Gasteiger charge is 2.10. The number of imidazole rings is 1. The zero-order valence-corrected chi connectivity index (χ0v) is 10.9. The Morgan fingerprint density at radius 1 is 1.47 bits per heavy atom. The summed E-state index contributed by atoms with van der Waals surface area (Å²) < 4.78 is 18.5. The number of carbonyl (C=O) groups is 1. The van der Waals surface area contributed by atoms with E-state index in [0.29, 0.717) is 35.7 Å². The summed E-state index contributed by atoms with van der Waals surface area (Å²) in [5.74, 6) is 1.05. The van der Waals surface area contributed by atoms with Gasteiger partial charge in [-0.25, -0.2) is 9.37 Å². The van der Waals surface area contributed by atoms with Gasteiger partial charge in [-0.15, -0.1) is 0 Å². The Balaban J connectivity index is 2.27. The number of aromatic amines is 1. The number of benzene rings is 1. The Labute approximate surface area is 110 Å². The van der Waals surface area contributed by atoms with Gasteiger partial charge in [0.25, 0.3) is 0 Å². The Morgan fingerprint density at radius 2 is 2.26 bits per heavy atom. The number of halogens is 1. The van der Waals surface area contributed by atoms with Crippen LogP contribution in [0.3, 0.4) is 0 Å². The fourth-order valence-corrected chi connectivity index (χ4v) is 1.81. The second kappa shape index (κ2) is 5.65. The predicted octanol–water partition coefficient (Wildman–Crippen LogP) is 2.75. The monoisotopic (exact) mass is 262 g/mol. The number of nitrogens with zero attached hydrogens (tertiary/aromatic N) is 1. The molecule has 0 bridgehead atoms. The third-order valence-electron chi connectivity index (χ3n) is 2.79. The Morgan fingerprint density at radius 3 is 2.95 bits per heavy atom. The number of hydrogen-bond acceptors (Lipinski definition) is 3. The zero-order valence-electron chi connectivity index (χ0n) is 10.9. The molecule has 0 aliphatic rings. The number of carbonyl (C=O) groups excluding carboxylic acids is 1. The average molecular weight is 262 g/mol. The summed E-state index contributed by atoms with van der Waals surface area (Å²) in [6, 6.07) is 4.30. The van der Waals surface area contributed by atoms with Crippen molar-refractivity contribution in [3.05, 3.63) is 36.0 Å². The Kier molecular flexibility index (Phi) is 3.94. The molecule has 1 N–H and O–H groups in total. The first-order valence-corrected chi connectivity index (χ1v) is 5.97. The molecular formula is C14H15FN2O2. The van der Waals surface area contributed by atoms with Crippen LogP contribution in [0.2, 0.25) is 0 Å². The molecule has 0 amide bonds. The molecule has 4 nitrogen and oxygen atoms in total. The maximum absolute atomic E-state index is 13.3. The minimum absolute atomic E-state index is 0.112. The first kappa shape index (κ1) is 13.3. The third kappa shape index (κ3) is 3.19. The number of nitrogens with one attached hydrogen (secondary N) is 1. The zero-order chi connectivity index (χ0) is 13.8. The van der Waals surface area contributed by atoms with Crippen molar-refractivity contribution in [2.75, 3.05) is 7.11 Å². The van der Waals surface area contributed by atoms with Crippen LogP contribution in [0.15, 0.2) is 24.4 Å². The van der Waals surface area contributed by atoms with E-state index in [1.165, 1.54) is 19.2 Å². The summed E-state index contributed by atoms with van der Waals surface area (Å²) in [5, 5.41) is 0. The van der Waals surface area contributed by atoms with Crippen molar-refractivity contribution in [1.82, 2.24) is 9.97 Å². The molecule has 2 rings (SSSR count). The molecule has 0 aliphatic carbocycles. The van der Waals surface area contributed by atoms with Gasteiger partial charge in [-0.2, -0.15) is 0 Å². The van der Waals surface area contributed by atoms with Crippen LogP contribution in [0, 0.1) is 5.82 Å². The molecule has 0 saturated carbocycles. The highest BCUT2D eigenvalue weighted by molar-refractivity contribution is 5.75. The number of Topliss-reactive ketones (excluding diaryl/α,β-unsaturated/α-hetero) is 1. The average Bonchev–Trinajstić information content (AvgIpc) is 2.85. The topological polar surface area (TPSA) is 55.0 Å². The van der Waals surface area contributed by atoms with Crippen molar-refractivity contribution in [1.29, 1.82) is 0 Å². The summed E-state index contributed by atoms with van der Waals surface area (Å²) >= 11 is 0. The third-order valence-corrected chi connectivity index (χ3v) is 2.79. The van der Waals surface area contributed by atoms with Gasteiger partial charge in [0.05, 0.1) is 19.0 Å². The van der Waals surface area contributed by atoms with Gasteiger partial charge in [0.1, 0.15) is 23.2 Å². The first-order valence-electron chi connectivity index (χ1n) is 5.97. The summed E-state index contributed by atoms with van der Waals surface area (Å²) in [5.41, 5.74) is 1.29. The molecule has 0 spiro atoms. The van der Waals surface area contributed by atoms with Gasteiger partial charge in [-0.1, -0.05) is 0 Å². The van der Waals surface area contributed by atoms with Crippen LogP contribution in [0.5, 0.6) is 5.75 Å². The molecule has 0 radical (unpaired) electrons. The first-order chi connectivity index (χ1) is 9.10. The van der Waals surface area contributed by atoms with E-state index in [2.05, 4.69) is 9.97 Å². The number of aryl methyl sites for hydroxylation is 1. The van der Waals surface area contributed by atoms with Gasteiger partial charge in [-0.3, -0.25) is 0 Å². The molecule has 1 aromatic carbocycles. The fourth-order valence-electron chi connectivity index (χ4n) is 1.81. The molecule has 19 heavy (non-hydrogen) atoms. The van der Waals surface area contributed by atoms with E-state index in [9.17, 15) is 9.18 Å². The number of aromatic nitrogens is 2. The van der Waals surface area contributed by atoms with Crippen molar-refractivity contribution in [2.45, 2.75) is 19.8 Å². The highest BCUT2D eigenvalue weighted by atomic mass is 19.1. The lowest BCUT2D eigenvalue weighted by molar-refractivity contribution is -0.117. The van der Waals surface area contributed by atoms with Crippen molar-refractivity contribution < 1.29 is 13.9 Å². The summed E-state index contributed by atoms with van der Waals surface area (Å²) in [6.07, 6.45) is 2.60. The standard InChI is InChI=1S/C14H15FN2O2/c1-9(18)3-6-14-16-8-12(17-14)11-7-10(15)4-5-13(11)19-2/h4-5,7-8H,3,6H2,1-2H3,(H,16,17). The molecule has 5 heteroatoms. The van der Waals surface area contributed by atoms with Gasteiger partial charge in [0.2, 0.25) is 0 Å². The lowest BCUT2D eigenvalue weighted by atomic mass is 10.1. The maximum atomic E-state index is 13.3. The highest BCUT2D eigenvalue weighted by Crippen LogP contribution is 2.29. The van der Waals surface area contributed by atoms with E-state index >= 15 is 0 Å². The summed E-state index contributed by atoms with van der Waals surface area (Å²) in [7, 11) is 1.53.